The lowest BCUT2D eigenvalue weighted by Crippen LogP contribution is -2.02. The molecule has 0 amide bonds. The lowest BCUT2D eigenvalue weighted by atomic mass is 10.1. The lowest BCUT2D eigenvalue weighted by molar-refractivity contribution is -0.139. The van der Waals surface area contributed by atoms with Crippen molar-refractivity contribution in [3.63, 3.8) is 0 Å². The van der Waals surface area contributed by atoms with E-state index in [4.69, 9.17) is 4.74 Å². The van der Waals surface area contributed by atoms with Crippen LogP contribution in [0.2, 0.25) is 0 Å². The summed E-state index contributed by atoms with van der Waals surface area (Å²) in [5.41, 5.74) is 5.03. The number of hydrogen-bond acceptors (Lipinski definition) is 2. The number of carbonyl (C=O) groups excluding carboxylic acids is 1. The predicted molar refractivity (Wildman–Crippen MR) is 59.4 cm³/mol. The van der Waals surface area contributed by atoms with Crippen LogP contribution >= 0.6 is 0 Å². The average molecular weight is 202 g/mol. The molecule has 2 nitrogen and oxygen atoms in total. The molecule has 1 aliphatic rings. The zero-order valence-electron chi connectivity index (χ0n) is 9.04. The molecule has 78 valence electrons. The van der Waals surface area contributed by atoms with Crippen molar-refractivity contribution in [1.82, 2.24) is 0 Å². The summed E-state index contributed by atoms with van der Waals surface area (Å²) >= 11 is 0. The van der Waals surface area contributed by atoms with E-state index >= 15 is 0 Å². The summed E-state index contributed by atoms with van der Waals surface area (Å²) in [6, 6.07) is 8.27. The van der Waals surface area contributed by atoms with Gasteiger partial charge in [0, 0.05) is 6.92 Å². The molecule has 1 aliphatic carbocycles. The highest BCUT2D eigenvalue weighted by Gasteiger charge is 2.18. The highest BCUT2D eigenvalue weighted by atomic mass is 16.5. The van der Waals surface area contributed by atoms with Crippen molar-refractivity contribution in [1.29, 1.82) is 0 Å². The molecule has 0 saturated heterocycles. The maximum Gasteiger partial charge on any atom is 0.302 e. The fraction of sp³-hybridized carbons (Fsp3) is 0.308. The van der Waals surface area contributed by atoms with Crippen LogP contribution in [0.5, 0.6) is 0 Å². The summed E-state index contributed by atoms with van der Waals surface area (Å²) in [6.07, 6.45) is 0.979. The molecule has 0 aliphatic heterocycles. The summed E-state index contributed by atoms with van der Waals surface area (Å²) in [6.45, 7) is 3.94. The van der Waals surface area contributed by atoms with E-state index in [-0.39, 0.29) is 5.97 Å². The Kier molecular flexibility index (Phi) is 2.58. The van der Waals surface area contributed by atoms with E-state index in [2.05, 4.69) is 19.1 Å². The van der Waals surface area contributed by atoms with Gasteiger partial charge in [-0.05, 0) is 30.0 Å². The van der Waals surface area contributed by atoms with Crippen molar-refractivity contribution in [2.75, 3.05) is 6.61 Å². The molecule has 1 aromatic carbocycles. The van der Waals surface area contributed by atoms with Crippen LogP contribution in [-0.4, -0.2) is 12.6 Å². The van der Waals surface area contributed by atoms with Gasteiger partial charge in [0.25, 0.3) is 0 Å². The third-order valence-electron chi connectivity index (χ3n) is 2.73. The van der Waals surface area contributed by atoms with Gasteiger partial charge in [0.05, 0.1) is 0 Å². The molecule has 0 saturated carbocycles. The van der Waals surface area contributed by atoms with Crippen LogP contribution in [-0.2, 0) is 16.0 Å². The van der Waals surface area contributed by atoms with Crippen molar-refractivity contribution in [2.45, 2.75) is 20.3 Å². The number of benzene rings is 1. The molecule has 0 unspecified atom stereocenters. The van der Waals surface area contributed by atoms with Crippen molar-refractivity contribution in [3.8, 4) is 0 Å². The van der Waals surface area contributed by atoms with Gasteiger partial charge < -0.3 is 4.74 Å². The number of allylic oxidation sites excluding steroid dienone is 1. The van der Waals surface area contributed by atoms with Crippen LogP contribution in [0.15, 0.2) is 29.8 Å². The summed E-state index contributed by atoms with van der Waals surface area (Å²) in [5, 5.41) is 0. The molecule has 0 heterocycles. The first-order chi connectivity index (χ1) is 7.18. The number of hydrogen-bond donors (Lipinski definition) is 0. The monoisotopic (exact) mass is 202 g/mol. The molecule has 2 heteroatoms. The Bertz CT molecular complexity index is 430. The molecular weight excluding hydrogens is 188 g/mol. The van der Waals surface area contributed by atoms with E-state index in [0.717, 1.165) is 6.42 Å². The Morgan fingerprint density at radius 2 is 2.13 bits per heavy atom. The molecule has 0 fully saturated rings. The van der Waals surface area contributed by atoms with E-state index in [9.17, 15) is 4.79 Å². The topological polar surface area (TPSA) is 26.3 Å². The maximum absolute atomic E-state index is 10.8. The first-order valence-electron chi connectivity index (χ1n) is 5.08. The number of fused-ring (bicyclic) bond motifs is 1. The third-order valence-corrected chi connectivity index (χ3v) is 2.73. The lowest BCUT2D eigenvalue weighted by Gasteiger charge is -2.06. The Morgan fingerprint density at radius 3 is 2.87 bits per heavy atom. The highest BCUT2D eigenvalue weighted by molar-refractivity contribution is 5.78. The average Bonchev–Trinajstić information content (AvgIpc) is 2.50. The molecule has 0 N–H and O–H groups in total. The molecule has 15 heavy (non-hydrogen) atoms. The van der Waals surface area contributed by atoms with Gasteiger partial charge in [0.1, 0.15) is 6.61 Å². The SMILES string of the molecule is CC(=O)OCC1=C(C)Cc2ccccc21. The minimum Gasteiger partial charge on any atom is -0.461 e. The van der Waals surface area contributed by atoms with Crippen molar-refractivity contribution in [3.05, 3.63) is 41.0 Å². The van der Waals surface area contributed by atoms with Gasteiger partial charge in [-0.1, -0.05) is 29.8 Å². The predicted octanol–water partition coefficient (Wildman–Crippen LogP) is 2.58. The van der Waals surface area contributed by atoms with Gasteiger partial charge in [-0.25, -0.2) is 0 Å². The van der Waals surface area contributed by atoms with Gasteiger partial charge >= 0.3 is 5.97 Å². The molecule has 0 bridgehead atoms. The number of esters is 1. The van der Waals surface area contributed by atoms with E-state index in [1.807, 2.05) is 12.1 Å². The molecule has 0 spiro atoms. The summed E-state index contributed by atoms with van der Waals surface area (Å²) in [4.78, 5) is 10.8. The number of carbonyl (C=O) groups is 1. The van der Waals surface area contributed by atoms with Crippen molar-refractivity contribution < 1.29 is 9.53 Å². The van der Waals surface area contributed by atoms with Gasteiger partial charge in [0.15, 0.2) is 0 Å². The first kappa shape index (κ1) is 9.97. The van der Waals surface area contributed by atoms with Crippen LogP contribution in [0.3, 0.4) is 0 Å². The fourth-order valence-corrected chi connectivity index (χ4v) is 1.97. The first-order valence-corrected chi connectivity index (χ1v) is 5.08. The molecule has 0 radical (unpaired) electrons. The largest absolute Gasteiger partial charge is 0.461 e. The quantitative estimate of drug-likeness (QED) is 0.689. The second-order valence-electron chi connectivity index (χ2n) is 3.87. The second kappa shape index (κ2) is 3.89. The summed E-state index contributed by atoms with van der Waals surface area (Å²) in [7, 11) is 0. The standard InChI is InChI=1S/C13H14O2/c1-9-7-11-5-3-4-6-12(11)13(9)8-15-10(2)14/h3-6H,7-8H2,1-2H3. The van der Waals surface area contributed by atoms with Crippen LogP contribution in [0.1, 0.15) is 25.0 Å². The summed E-state index contributed by atoms with van der Waals surface area (Å²) in [5.74, 6) is -0.223. The van der Waals surface area contributed by atoms with E-state index < -0.39 is 0 Å². The zero-order chi connectivity index (χ0) is 10.8. The molecule has 0 atom stereocenters. The Morgan fingerprint density at radius 1 is 1.40 bits per heavy atom. The number of rotatable bonds is 2. The van der Waals surface area contributed by atoms with Gasteiger partial charge in [-0.15, -0.1) is 0 Å². The maximum atomic E-state index is 10.8. The van der Waals surface area contributed by atoms with Gasteiger partial charge in [-0.3, -0.25) is 4.79 Å². The third kappa shape index (κ3) is 1.94. The second-order valence-corrected chi connectivity index (χ2v) is 3.87. The van der Waals surface area contributed by atoms with E-state index in [1.165, 1.54) is 29.2 Å². The van der Waals surface area contributed by atoms with Crippen LogP contribution < -0.4 is 0 Å². The minimum absolute atomic E-state index is 0.223. The molecule has 0 aromatic heterocycles. The van der Waals surface area contributed by atoms with E-state index in [1.54, 1.807) is 0 Å². The van der Waals surface area contributed by atoms with Crippen molar-refractivity contribution >= 4 is 11.5 Å². The Balaban J connectivity index is 2.24. The molecular formula is C13H14O2. The molecule has 1 aromatic rings. The summed E-state index contributed by atoms with van der Waals surface area (Å²) < 4.78 is 5.06. The van der Waals surface area contributed by atoms with Gasteiger partial charge in [-0.2, -0.15) is 0 Å². The minimum atomic E-state index is -0.223. The van der Waals surface area contributed by atoms with E-state index in [0.29, 0.717) is 6.61 Å². The number of ether oxygens (including phenoxy) is 1. The Hall–Kier alpha value is -1.57. The molecule has 2 rings (SSSR count). The smallest absolute Gasteiger partial charge is 0.302 e. The van der Waals surface area contributed by atoms with Crippen LogP contribution in [0.4, 0.5) is 0 Å². The fourth-order valence-electron chi connectivity index (χ4n) is 1.97. The highest BCUT2D eigenvalue weighted by Crippen LogP contribution is 2.32. The van der Waals surface area contributed by atoms with Gasteiger partial charge in [0.2, 0.25) is 0 Å². The van der Waals surface area contributed by atoms with Crippen LogP contribution in [0, 0.1) is 0 Å². The zero-order valence-corrected chi connectivity index (χ0v) is 9.04. The van der Waals surface area contributed by atoms with Crippen molar-refractivity contribution in [2.24, 2.45) is 0 Å². The Labute approximate surface area is 89.6 Å². The normalized spacial score (nSPS) is 14.0. The van der Waals surface area contributed by atoms with Crippen LogP contribution in [0.25, 0.3) is 5.57 Å².